The van der Waals surface area contributed by atoms with Crippen LogP contribution in [0.15, 0.2) is 36.7 Å². The van der Waals surface area contributed by atoms with Crippen molar-refractivity contribution in [2.45, 2.75) is 43.4 Å². The number of benzene rings is 1. The lowest BCUT2D eigenvalue weighted by atomic mass is 9.74. The van der Waals surface area contributed by atoms with Crippen LogP contribution in [-0.4, -0.2) is 31.0 Å². The minimum atomic E-state index is -4.59. The number of aromatic nitrogens is 5. The van der Waals surface area contributed by atoms with Gasteiger partial charge in [-0.2, -0.15) is 23.4 Å². The number of rotatable bonds is 3. The minimum absolute atomic E-state index is 0.111. The van der Waals surface area contributed by atoms with E-state index in [9.17, 15) is 13.2 Å². The van der Waals surface area contributed by atoms with Crippen LogP contribution in [0.3, 0.4) is 0 Å². The van der Waals surface area contributed by atoms with Crippen molar-refractivity contribution >= 4 is 39.2 Å². The van der Waals surface area contributed by atoms with Crippen LogP contribution >= 0.6 is 11.6 Å². The van der Waals surface area contributed by atoms with Gasteiger partial charge in [0.2, 0.25) is 0 Å². The molecule has 172 valence electrons. The Bertz CT molecular complexity index is 1350. The van der Waals surface area contributed by atoms with Gasteiger partial charge >= 0.3 is 6.18 Å². The molecule has 2 atom stereocenters. The molecule has 0 bridgehead atoms. The Morgan fingerprint density at radius 1 is 1.21 bits per heavy atom. The molecule has 0 aliphatic heterocycles. The zero-order chi connectivity index (χ0) is 23.4. The van der Waals surface area contributed by atoms with Crippen molar-refractivity contribution in [2.75, 3.05) is 5.32 Å². The molecule has 33 heavy (non-hydrogen) atoms. The summed E-state index contributed by atoms with van der Waals surface area (Å²) >= 11 is 6.17. The summed E-state index contributed by atoms with van der Waals surface area (Å²) in [5, 5.41) is 17.7. The molecule has 4 aromatic rings. The van der Waals surface area contributed by atoms with Gasteiger partial charge in [0.05, 0.1) is 17.1 Å². The van der Waals surface area contributed by atoms with Crippen molar-refractivity contribution in [3.63, 3.8) is 0 Å². The Balaban J connectivity index is 1.54. The van der Waals surface area contributed by atoms with E-state index < -0.39 is 17.4 Å². The van der Waals surface area contributed by atoms with E-state index in [1.165, 1.54) is 12.1 Å². The number of nitrogens with zero attached hydrogens (tertiary/aromatic N) is 5. The molecular weight excluding hydrogens is 455 g/mol. The quantitative estimate of drug-likeness (QED) is 0.442. The lowest BCUT2D eigenvalue weighted by Crippen LogP contribution is -2.45. The Morgan fingerprint density at radius 3 is 2.82 bits per heavy atom. The first kappa shape index (κ1) is 21.8. The highest BCUT2D eigenvalue weighted by molar-refractivity contribution is 6.31. The van der Waals surface area contributed by atoms with Gasteiger partial charge in [0.25, 0.3) is 0 Å². The average molecular weight is 476 g/mol. The molecule has 0 spiro atoms. The maximum absolute atomic E-state index is 13.6. The summed E-state index contributed by atoms with van der Waals surface area (Å²) in [6.45, 7) is 0. The van der Waals surface area contributed by atoms with Crippen LogP contribution in [0.2, 0.25) is 5.02 Å². The molecule has 3 aromatic heterocycles. The van der Waals surface area contributed by atoms with Gasteiger partial charge in [-0.05, 0) is 55.5 Å². The molecular formula is C22H21ClF3N7. The second kappa shape index (κ2) is 7.81. The molecule has 1 aliphatic rings. The molecule has 1 aromatic carbocycles. The highest BCUT2D eigenvalue weighted by Crippen LogP contribution is 2.42. The maximum atomic E-state index is 13.6. The number of alkyl halides is 3. The van der Waals surface area contributed by atoms with E-state index in [4.69, 9.17) is 17.3 Å². The zero-order valence-corrected chi connectivity index (χ0v) is 18.5. The van der Waals surface area contributed by atoms with Gasteiger partial charge in [-0.3, -0.25) is 4.68 Å². The number of halogens is 4. The Labute approximate surface area is 192 Å². The van der Waals surface area contributed by atoms with Crippen LogP contribution in [0.1, 0.15) is 36.9 Å². The minimum Gasteiger partial charge on any atom is -0.365 e. The van der Waals surface area contributed by atoms with Crippen LogP contribution in [-0.2, 0) is 18.8 Å². The van der Waals surface area contributed by atoms with Gasteiger partial charge in [-0.15, -0.1) is 5.10 Å². The first-order valence-electron chi connectivity index (χ1n) is 10.5. The van der Waals surface area contributed by atoms with E-state index in [0.29, 0.717) is 40.1 Å². The van der Waals surface area contributed by atoms with Gasteiger partial charge in [-0.1, -0.05) is 11.6 Å². The van der Waals surface area contributed by atoms with Crippen molar-refractivity contribution < 1.29 is 13.2 Å². The molecule has 2 unspecified atom stereocenters. The third-order valence-corrected chi connectivity index (χ3v) is 6.41. The number of nitrogens with two attached hydrogens (primary N) is 1. The molecule has 0 amide bonds. The molecule has 5 rings (SSSR count). The molecule has 7 nitrogen and oxygen atoms in total. The summed E-state index contributed by atoms with van der Waals surface area (Å²) < 4.78 is 42.5. The number of anilines is 1. The molecule has 3 N–H and O–H groups in total. The third kappa shape index (κ3) is 4.08. The van der Waals surface area contributed by atoms with Crippen molar-refractivity contribution in [1.29, 1.82) is 0 Å². The lowest BCUT2D eigenvalue weighted by molar-refractivity contribution is -0.141. The second-order valence-electron chi connectivity index (χ2n) is 8.60. The van der Waals surface area contributed by atoms with Gasteiger partial charge in [0.1, 0.15) is 11.2 Å². The fourth-order valence-corrected chi connectivity index (χ4v) is 4.88. The summed E-state index contributed by atoms with van der Waals surface area (Å²) in [7, 11) is 1.81. The van der Waals surface area contributed by atoms with E-state index in [2.05, 4.69) is 25.6 Å². The van der Waals surface area contributed by atoms with Crippen molar-refractivity contribution in [2.24, 2.45) is 12.8 Å². The third-order valence-electron chi connectivity index (χ3n) is 6.17. The van der Waals surface area contributed by atoms with Crippen LogP contribution in [0, 0.1) is 0 Å². The van der Waals surface area contributed by atoms with Crippen molar-refractivity contribution in [1.82, 2.24) is 25.0 Å². The highest BCUT2D eigenvalue weighted by atomic mass is 35.5. The monoisotopic (exact) mass is 475 g/mol. The fraction of sp³-hybridized carbons (Fsp3) is 0.364. The average Bonchev–Trinajstić information content (AvgIpc) is 3.13. The van der Waals surface area contributed by atoms with E-state index in [1.807, 2.05) is 13.2 Å². The summed E-state index contributed by atoms with van der Waals surface area (Å²) in [6, 6.07) is 5.62. The first-order valence-corrected chi connectivity index (χ1v) is 10.9. The number of hydrogen-bond donors (Lipinski definition) is 2. The van der Waals surface area contributed by atoms with Crippen molar-refractivity contribution in [3.05, 3.63) is 52.9 Å². The summed E-state index contributed by atoms with van der Waals surface area (Å²) in [6.07, 6.45) is 1.32. The number of fused-ring (bicyclic) bond motifs is 2. The van der Waals surface area contributed by atoms with Crippen LogP contribution in [0.5, 0.6) is 0 Å². The molecule has 0 radical (unpaired) electrons. The summed E-state index contributed by atoms with van der Waals surface area (Å²) in [5.74, 6) is 0.577. The number of pyridine rings is 1. The van der Waals surface area contributed by atoms with E-state index in [1.54, 1.807) is 16.9 Å². The Hall–Kier alpha value is -2.98. The lowest BCUT2D eigenvalue weighted by Gasteiger charge is -2.39. The standard InChI is InChI=1S/C22H21ClF3N7/c1-33-11-15-18(32-33)10-28-31-20(15)29-13-3-2-6-21(27,9-13)16-8-19(22(24,25)26)30-17-5-4-12(23)7-14(16)17/h4-5,7-8,10-11,13H,2-3,6,9,27H2,1H3,(H,29,31). The highest BCUT2D eigenvalue weighted by Gasteiger charge is 2.39. The molecule has 0 saturated heterocycles. The SMILES string of the molecule is Cn1cc2c(NC3CCCC(N)(c4cc(C(F)(F)F)nc5ccc(Cl)cc45)C3)nncc2n1. The van der Waals surface area contributed by atoms with Gasteiger partial charge in [-0.25, -0.2) is 4.98 Å². The first-order chi connectivity index (χ1) is 15.6. The van der Waals surface area contributed by atoms with Gasteiger partial charge < -0.3 is 11.1 Å². The molecule has 1 aliphatic carbocycles. The number of nitrogens with one attached hydrogen (secondary N) is 1. The topological polar surface area (TPSA) is 94.5 Å². The number of hydrogen-bond acceptors (Lipinski definition) is 6. The number of aryl methyl sites for hydroxylation is 1. The van der Waals surface area contributed by atoms with Crippen molar-refractivity contribution in [3.8, 4) is 0 Å². The molecule has 1 saturated carbocycles. The van der Waals surface area contributed by atoms with Crippen LogP contribution < -0.4 is 11.1 Å². The Morgan fingerprint density at radius 2 is 2.03 bits per heavy atom. The van der Waals surface area contributed by atoms with E-state index >= 15 is 0 Å². The smallest absolute Gasteiger partial charge is 0.365 e. The second-order valence-corrected chi connectivity index (χ2v) is 9.04. The van der Waals surface area contributed by atoms with E-state index in [-0.39, 0.29) is 11.6 Å². The zero-order valence-electron chi connectivity index (χ0n) is 17.7. The van der Waals surface area contributed by atoms with Gasteiger partial charge in [0, 0.05) is 35.2 Å². The molecule has 1 fully saturated rings. The summed E-state index contributed by atoms with van der Waals surface area (Å²) in [5.41, 5.74) is 6.20. The largest absolute Gasteiger partial charge is 0.433 e. The molecule has 3 heterocycles. The van der Waals surface area contributed by atoms with E-state index in [0.717, 1.165) is 24.3 Å². The fourth-order valence-electron chi connectivity index (χ4n) is 4.71. The predicted octanol–water partition coefficient (Wildman–Crippen LogP) is 4.79. The predicted molar refractivity (Wildman–Crippen MR) is 120 cm³/mol. The maximum Gasteiger partial charge on any atom is 0.433 e. The summed E-state index contributed by atoms with van der Waals surface area (Å²) in [4.78, 5) is 3.82. The Kier molecular flexibility index (Phi) is 5.17. The van der Waals surface area contributed by atoms with Crippen LogP contribution in [0.4, 0.5) is 19.0 Å². The molecule has 11 heteroatoms. The van der Waals surface area contributed by atoms with Gasteiger partial charge in [0.15, 0.2) is 5.82 Å². The normalized spacial score (nSPS) is 21.6. The van der Waals surface area contributed by atoms with Crippen LogP contribution in [0.25, 0.3) is 21.8 Å².